The SMILES string of the molecule is Cc1nc2ccccc2n1Cc1csc(CNC(=O)C(O)C(O)C(=O)N2CCCC2c2cccc(N3CCN(C)CC3)c2)n1. The number of thiazole rings is 1. The summed E-state index contributed by atoms with van der Waals surface area (Å²) >= 11 is 1.40. The molecule has 2 aliphatic rings. The van der Waals surface area contributed by atoms with Crippen LogP contribution >= 0.6 is 11.3 Å². The molecule has 4 aromatic rings. The number of benzene rings is 2. The Hall–Kier alpha value is -3.84. The van der Waals surface area contributed by atoms with Crippen molar-refractivity contribution in [1.29, 1.82) is 0 Å². The number of carbonyl (C=O) groups is 2. The quantitative estimate of drug-likeness (QED) is 0.261. The lowest BCUT2D eigenvalue weighted by molar-refractivity contribution is -0.153. The number of hydrogen-bond acceptors (Lipinski definition) is 9. The molecule has 2 fully saturated rings. The summed E-state index contributed by atoms with van der Waals surface area (Å²) in [6.07, 6.45) is -2.21. The molecule has 2 amide bonds. The zero-order valence-corrected chi connectivity index (χ0v) is 25.9. The molecule has 2 aromatic carbocycles. The van der Waals surface area contributed by atoms with Crippen molar-refractivity contribution >= 4 is 39.9 Å². The fraction of sp³-hybridized carbons (Fsp3) is 0.438. The number of aliphatic hydroxyl groups is 2. The summed E-state index contributed by atoms with van der Waals surface area (Å²) in [6.45, 7) is 6.92. The number of imidazole rings is 1. The van der Waals surface area contributed by atoms with E-state index in [-0.39, 0.29) is 12.6 Å². The number of nitrogens with one attached hydrogen (secondary N) is 1. The summed E-state index contributed by atoms with van der Waals surface area (Å²) in [5.74, 6) is -0.565. The predicted molar refractivity (Wildman–Crippen MR) is 169 cm³/mol. The van der Waals surface area contributed by atoms with Gasteiger partial charge in [-0.25, -0.2) is 9.97 Å². The van der Waals surface area contributed by atoms with E-state index in [0.29, 0.717) is 18.1 Å². The Kier molecular flexibility index (Phi) is 8.94. The average molecular weight is 618 g/mol. The Morgan fingerprint density at radius 1 is 1.02 bits per heavy atom. The minimum absolute atomic E-state index is 0.0799. The summed E-state index contributed by atoms with van der Waals surface area (Å²) in [5, 5.41) is 26.6. The van der Waals surface area contributed by atoms with Crippen molar-refractivity contribution in [2.75, 3.05) is 44.7 Å². The highest BCUT2D eigenvalue weighted by atomic mass is 32.1. The van der Waals surface area contributed by atoms with Crippen LogP contribution in [0.4, 0.5) is 5.69 Å². The van der Waals surface area contributed by atoms with E-state index >= 15 is 0 Å². The number of aliphatic hydroxyl groups excluding tert-OH is 2. The lowest BCUT2D eigenvalue weighted by Crippen LogP contribution is -2.50. The molecule has 0 saturated carbocycles. The van der Waals surface area contributed by atoms with Crippen LogP contribution < -0.4 is 10.2 Å². The lowest BCUT2D eigenvalue weighted by Gasteiger charge is -2.35. The van der Waals surface area contributed by atoms with Gasteiger partial charge in [0.1, 0.15) is 10.8 Å². The van der Waals surface area contributed by atoms with Crippen LogP contribution in [0.25, 0.3) is 11.0 Å². The zero-order valence-electron chi connectivity index (χ0n) is 25.1. The molecule has 44 heavy (non-hydrogen) atoms. The van der Waals surface area contributed by atoms with Gasteiger partial charge in [0.15, 0.2) is 12.2 Å². The first-order chi connectivity index (χ1) is 21.3. The molecule has 2 saturated heterocycles. The molecule has 2 aliphatic heterocycles. The fourth-order valence-corrected chi connectivity index (χ4v) is 6.87. The number of likely N-dealkylation sites (N-methyl/N-ethyl adjacent to an activating group) is 1. The molecule has 0 bridgehead atoms. The number of likely N-dealkylation sites (tertiary alicyclic amines) is 1. The molecule has 232 valence electrons. The third kappa shape index (κ3) is 6.34. The monoisotopic (exact) mass is 617 g/mol. The topological polar surface area (TPSA) is 127 Å². The highest BCUT2D eigenvalue weighted by molar-refractivity contribution is 7.09. The summed E-state index contributed by atoms with van der Waals surface area (Å²) in [7, 11) is 2.12. The van der Waals surface area contributed by atoms with Crippen molar-refractivity contribution < 1.29 is 19.8 Å². The first-order valence-electron chi connectivity index (χ1n) is 15.1. The smallest absolute Gasteiger partial charge is 0.255 e. The number of carbonyl (C=O) groups excluding carboxylic acids is 2. The molecule has 0 aliphatic carbocycles. The van der Waals surface area contributed by atoms with Crippen LogP contribution in [-0.2, 0) is 22.7 Å². The van der Waals surface area contributed by atoms with E-state index < -0.39 is 24.0 Å². The molecule has 11 nitrogen and oxygen atoms in total. The van der Waals surface area contributed by atoms with E-state index in [0.717, 1.165) is 72.8 Å². The second-order valence-corrected chi connectivity index (χ2v) is 12.6. The standard InChI is InChI=1S/C32H39N7O4S/c1-21-34-25-9-3-4-10-27(25)39(21)19-23-20-44-28(35-23)18-33-31(42)29(40)30(41)32(43)38-12-6-11-26(38)22-7-5-8-24(17-22)37-15-13-36(2)14-16-37/h3-5,7-10,17,20,26,29-30,40-41H,6,11-16,18-19H2,1-2H3,(H,33,42). The number of amides is 2. The van der Waals surface area contributed by atoms with Crippen LogP contribution in [0.5, 0.6) is 0 Å². The van der Waals surface area contributed by atoms with Gasteiger partial charge in [-0.2, -0.15) is 0 Å². The van der Waals surface area contributed by atoms with Crippen LogP contribution in [0.3, 0.4) is 0 Å². The first kappa shape index (κ1) is 30.2. The predicted octanol–water partition coefficient (Wildman–Crippen LogP) is 2.30. The largest absolute Gasteiger partial charge is 0.380 e. The number of nitrogens with zero attached hydrogens (tertiary/aromatic N) is 6. The maximum absolute atomic E-state index is 13.3. The Bertz CT molecular complexity index is 1630. The molecule has 6 rings (SSSR count). The lowest BCUT2D eigenvalue weighted by atomic mass is 10.0. The first-order valence-corrected chi connectivity index (χ1v) is 16.0. The van der Waals surface area contributed by atoms with Crippen LogP contribution in [0.15, 0.2) is 53.9 Å². The van der Waals surface area contributed by atoms with E-state index in [4.69, 9.17) is 0 Å². The number of piperazine rings is 1. The molecule has 0 radical (unpaired) electrons. The second kappa shape index (κ2) is 13.0. The third-order valence-corrected chi connectivity index (χ3v) is 9.56. The number of para-hydroxylation sites is 2. The summed E-state index contributed by atoms with van der Waals surface area (Å²) < 4.78 is 2.09. The zero-order chi connectivity index (χ0) is 30.8. The van der Waals surface area contributed by atoms with Gasteiger partial charge < -0.3 is 34.8 Å². The van der Waals surface area contributed by atoms with Crippen LogP contribution in [0, 0.1) is 6.92 Å². The van der Waals surface area contributed by atoms with Gasteiger partial charge >= 0.3 is 0 Å². The van der Waals surface area contributed by atoms with E-state index in [1.807, 2.05) is 48.7 Å². The number of fused-ring (bicyclic) bond motifs is 1. The van der Waals surface area contributed by atoms with Gasteiger partial charge in [-0.3, -0.25) is 9.59 Å². The van der Waals surface area contributed by atoms with Gasteiger partial charge in [0.05, 0.1) is 35.9 Å². The van der Waals surface area contributed by atoms with Crippen molar-refractivity contribution in [1.82, 2.24) is 29.7 Å². The second-order valence-electron chi connectivity index (χ2n) is 11.6. The molecule has 2 aromatic heterocycles. The van der Waals surface area contributed by atoms with Crippen molar-refractivity contribution in [2.45, 2.75) is 51.1 Å². The van der Waals surface area contributed by atoms with Gasteiger partial charge in [0.2, 0.25) is 0 Å². The maximum Gasteiger partial charge on any atom is 0.255 e. The van der Waals surface area contributed by atoms with Crippen molar-refractivity contribution in [3.63, 3.8) is 0 Å². The number of hydrogen-bond donors (Lipinski definition) is 3. The van der Waals surface area contributed by atoms with Crippen LogP contribution in [-0.4, -0.2) is 98.3 Å². The molecule has 3 N–H and O–H groups in total. The minimum atomic E-state index is -1.89. The van der Waals surface area contributed by atoms with Crippen LogP contribution in [0.2, 0.25) is 0 Å². The fourth-order valence-electron chi connectivity index (χ4n) is 6.15. The summed E-state index contributed by atoms with van der Waals surface area (Å²) in [6, 6.07) is 15.9. The normalized spacial score (nSPS) is 19.0. The number of aryl methyl sites for hydroxylation is 1. The maximum atomic E-state index is 13.3. The Morgan fingerprint density at radius 3 is 2.64 bits per heavy atom. The van der Waals surface area contributed by atoms with Crippen molar-refractivity contribution in [3.8, 4) is 0 Å². The van der Waals surface area contributed by atoms with E-state index in [1.54, 1.807) is 4.90 Å². The molecule has 0 spiro atoms. The highest BCUT2D eigenvalue weighted by Crippen LogP contribution is 2.34. The molecular formula is C32H39N7O4S. The van der Waals surface area contributed by atoms with Gasteiger partial charge in [0.25, 0.3) is 11.8 Å². The van der Waals surface area contributed by atoms with Crippen LogP contribution in [0.1, 0.15) is 41.0 Å². The third-order valence-electron chi connectivity index (χ3n) is 8.66. The van der Waals surface area contributed by atoms with E-state index in [1.165, 1.54) is 11.3 Å². The number of aromatic nitrogens is 3. The number of anilines is 1. The average Bonchev–Trinajstić information content (AvgIpc) is 3.79. The summed E-state index contributed by atoms with van der Waals surface area (Å²) in [5.41, 5.74) is 4.90. The van der Waals surface area contributed by atoms with Gasteiger partial charge in [-0.15, -0.1) is 11.3 Å². The molecule has 4 heterocycles. The minimum Gasteiger partial charge on any atom is -0.380 e. The molecule has 3 unspecified atom stereocenters. The highest BCUT2D eigenvalue weighted by Gasteiger charge is 2.38. The number of rotatable bonds is 9. The van der Waals surface area contributed by atoms with Crippen molar-refractivity contribution in [3.05, 3.63) is 76.0 Å². The molecule has 12 heteroatoms. The molecule has 3 atom stereocenters. The van der Waals surface area contributed by atoms with Gasteiger partial charge in [-0.05, 0) is 56.6 Å². The molecular weight excluding hydrogens is 578 g/mol. The van der Waals surface area contributed by atoms with Gasteiger partial charge in [-0.1, -0.05) is 24.3 Å². The van der Waals surface area contributed by atoms with Crippen molar-refractivity contribution in [2.24, 2.45) is 0 Å². The Labute approximate surface area is 260 Å². The van der Waals surface area contributed by atoms with E-state index in [9.17, 15) is 19.8 Å². The van der Waals surface area contributed by atoms with E-state index in [2.05, 4.69) is 48.8 Å². The Balaban J connectivity index is 1.05. The Morgan fingerprint density at radius 2 is 1.82 bits per heavy atom. The summed E-state index contributed by atoms with van der Waals surface area (Å²) in [4.78, 5) is 41.6. The van der Waals surface area contributed by atoms with Gasteiger partial charge in [0, 0.05) is 43.8 Å².